The third-order valence-electron chi connectivity index (χ3n) is 3.02. The second-order valence-electron chi connectivity index (χ2n) is 4.49. The third kappa shape index (κ3) is 3.09. The smallest absolute Gasteiger partial charge is 0.123 e. The molecule has 21 heavy (non-hydrogen) atoms. The molecule has 1 aromatic heterocycles. The van der Waals surface area contributed by atoms with Gasteiger partial charge in [-0.1, -0.05) is 45.9 Å². The van der Waals surface area contributed by atoms with Crippen LogP contribution >= 0.6 is 27.7 Å². The van der Waals surface area contributed by atoms with Crippen molar-refractivity contribution in [3.8, 4) is 0 Å². The number of pyridine rings is 1. The highest BCUT2D eigenvalue weighted by Gasteiger charge is 2.09. The Morgan fingerprint density at radius 3 is 2.52 bits per heavy atom. The topological polar surface area (TPSA) is 62.8 Å². The number of hydrogen-bond donors (Lipinski definition) is 2. The summed E-state index contributed by atoms with van der Waals surface area (Å²) in [5.41, 5.74) is 7.28. The van der Waals surface area contributed by atoms with E-state index < -0.39 is 0 Å². The molecule has 5 heteroatoms. The summed E-state index contributed by atoms with van der Waals surface area (Å²) in [6.07, 6.45) is 0. The molecule has 1 heterocycles. The molecule has 3 nitrogen and oxygen atoms in total. The Hall–Kier alpha value is -1.85. The zero-order chi connectivity index (χ0) is 14.8. The first-order chi connectivity index (χ1) is 10.1. The lowest BCUT2D eigenvalue weighted by molar-refractivity contribution is 1.18. The average Bonchev–Trinajstić information content (AvgIpc) is 2.48. The number of para-hydroxylation sites is 1. The zero-order valence-corrected chi connectivity index (χ0v) is 13.4. The van der Waals surface area contributed by atoms with Crippen LogP contribution in [0, 0.1) is 5.41 Å². The van der Waals surface area contributed by atoms with Crippen molar-refractivity contribution < 1.29 is 0 Å². The minimum Gasteiger partial charge on any atom is -0.384 e. The van der Waals surface area contributed by atoms with Crippen molar-refractivity contribution in [1.29, 1.82) is 5.41 Å². The van der Waals surface area contributed by atoms with Crippen LogP contribution in [0.25, 0.3) is 10.9 Å². The van der Waals surface area contributed by atoms with Gasteiger partial charge in [0.2, 0.25) is 0 Å². The number of fused-ring (bicyclic) bond motifs is 1. The minimum absolute atomic E-state index is 0.0613. The summed E-state index contributed by atoms with van der Waals surface area (Å²) in [4.78, 5) is 5.73. The average molecular weight is 358 g/mol. The Balaban J connectivity index is 2.06. The molecule has 0 spiro atoms. The van der Waals surface area contributed by atoms with Crippen molar-refractivity contribution in [2.75, 3.05) is 0 Å². The summed E-state index contributed by atoms with van der Waals surface area (Å²) in [6, 6.07) is 17.7. The van der Waals surface area contributed by atoms with Crippen LogP contribution in [0.3, 0.4) is 0 Å². The summed E-state index contributed by atoms with van der Waals surface area (Å²) in [7, 11) is 0. The molecule has 3 rings (SSSR count). The Bertz CT molecular complexity index is 815. The highest BCUT2D eigenvalue weighted by molar-refractivity contribution is 9.10. The molecule has 104 valence electrons. The molecule has 2 aromatic carbocycles. The summed E-state index contributed by atoms with van der Waals surface area (Å²) >= 11 is 4.98. The van der Waals surface area contributed by atoms with Crippen LogP contribution in [0.4, 0.5) is 0 Å². The van der Waals surface area contributed by atoms with E-state index in [0.717, 1.165) is 30.9 Å². The highest BCUT2D eigenvalue weighted by atomic mass is 79.9. The van der Waals surface area contributed by atoms with Gasteiger partial charge in [-0.05, 0) is 36.4 Å². The molecule has 0 aliphatic carbocycles. The van der Waals surface area contributed by atoms with Crippen molar-refractivity contribution in [3.05, 3.63) is 64.6 Å². The highest BCUT2D eigenvalue weighted by Crippen LogP contribution is 2.30. The van der Waals surface area contributed by atoms with Gasteiger partial charge >= 0.3 is 0 Å². The largest absolute Gasteiger partial charge is 0.384 e. The maximum Gasteiger partial charge on any atom is 0.123 e. The van der Waals surface area contributed by atoms with Crippen molar-refractivity contribution in [2.24, 2.45) is 5.73 Å². The van der Waals surface area contributed by atoms with Gasteiger partial charge in [0.25, 0.3) is 0 Å². The zero-order valence-electron chi connectivity index (χ0n) is 11.0. The molecule has 0 atom stereocenters. The van der Waals surface area contributed by atoms with Gasteiger partial charge in [-0.3, -0.25) is 5.41 Å². The number of nitrogens with two attached hydrogens (primary N) is 1. The monoisotopic (exact) mass is 357 g/mol. The quantitative estimate of drug-likeness (QED) is 0.538. The van der Waals surface area contributed by atoms with Crippen LogP contribution in [-0.4, -0.2) is 10.8 Å². The maximum atomic E-state index is 7.76. The summed E-state index contributed by atoms with van der Waals surface area (Å²) in [5, 5.41) is 9.50. The lowest BCUT2D eigenvalue weighted by Crippen LogP contribution is -2.12. The number of amidine groups is 1. The van der Waals surface area contributed by atoms with E-state index in [-0.39, 0.29) is 5.84 Å². The van der Waals surface area contributed by atoms with Crippen LogP contribution in [0.2, 0.25) is 0 Å². The Kier molecular flexibility index (Phi) is 3.94. The summed E-state index contributed by atoms with van der Waals surface area (Å²) < 4.78 is 1.04. The van der Waals surface area contributed by atoms with E-state index >= 15 is 0 Å². The molecule has 0 radical (unpaired) electrons. The second-order valence-corrected chi connectivity index (χ2v) is 6.50. The van der Waals surface area contributed by atoms with Gasteiger partial charge in [0.05, 0.1) is 5.52 Å². The summed E-state index contributed by atoms with van der Waals surface area (Å²) in [5.74, 6) is 0.0613. The van der Waals surface area contributed by atoms with Crippen LogP contribution in [0.15, 0.2) is 69.0 Å². The van der Waals surface area contributed by atoms with Crippen molar-refractivity contribution in [2.45, 2.75) is 9.92 Å². The molecule has 0 bridgehead atoms. The van der Waals surface area contributed by atoms with Crippen LogP contribution in [0.1, 0.15) is 5.56 Å². The van der Waals surface area contributed by atoms with E-state index in [1.807, 2.05) is 54.6 Å². The first-order valence-electron chi connectivity index (χ1n) is 6.31. The van der Waals surface area contributed by atoms with E-state index in [2.05, 4.69) is 20.9 Å². The number of aromatic nitrogens is 1. The van der Waals surface area contributed by atoms with Crippen LogP contribution in [-0.2, 0) is 0 Å². The lowest BCUT2D eigenvalue weighted by atomic mass is 10.1. The molecule has 0 aliphatic rings. The van der Waals surface area contributed by atoms with Crippen molar-refractivity contribution in [1.82, 2.24) is 4.98 Å². The normalized spacial score (nSPS) is 10.7. The van der Waals surface area contributed by atoms with Gasteiger partial charge in [-0.15, -0.1) is 0 Å². The van der Waals surface area contributed by atoms with Gasteiger partial charge in [-0.25, -0.2) is 4.98 Å². The molecule has 3 N–H and O–H groups in total. The molecule has 0 amide bonds. The van der Waals surface area contributed by atoms with E-state index in [9.17, 15) is 0 Å². The predicted octanol–water partition coefficient (Wildman–Crippen LogP) is 4.43. The van der Waals surface area contributed by atoms with Gasteiger partial charge in [0, 0.05) is 20.3 Å². The minimum atomic E-state index is 0.0613. The molecule has 0 fully saturated rings. The standard InChI is InChI=1S/C16H12BrN3S/c17-10-5-7-11(8-6-10)21-15-9-13(16(18)19)12-3-1-2-4-14(12)20-15/h1-9H,(H3,18,19). The lowest BCUT2D eigenvalue weighted by Gasteiger charge is -2.08. The Morgan fingerprint density at radius 2 is 1.81 bits per heavy atom. The number of rotatable bonds is 3. The number of nitrogen functional groups attached to an aromatic ring is 1. The van der Waals surface area contributed by atoms with Crippen molar-refractivity contribution in [3.63, 3.8) is 0 Å². The van der Waals surface area contributed by atoms with E-state index in [0.29, 0.717) is 0 Å². The fraction of sp³-hybridized carbons (Fsp3) is 0. The SMILES string of the molecule is N=C(N)c1cc(Sc2ccc(Br)cc2)nc2ccccc12. The first-order valence-corrected chi connectivity index (χ1v) is 7.92. The molecule has 0 aliphatic heterocycles. The number of benzene rings is 2. The molecule has 3 aromatic rings. The fourth-order valence-electron chi connectivity index (χ4n) is 2.05. The van der Waals surface area contributed by atoms with E-state index in [1.54, 1.807) is 11.8 Å². The first kappa shape index (κ1) is 14.1. The molecule has 0 saturated heterocycles. The van der Waals surface area contributed by atoms with E-state index in [4.69, 9.17) is 11.1 Å². The second kappa shape index (κ2) is 5.87. The van der Waals surface area contributed by atoms with Gasteiger partial charge < -0.3 is 5.73 Å². The Morgan fingerprint density at radius 1 is 1.10 bits per heavy atom. The van der Waals surface area contributed by atoms with Crippen LogP contribution < -0.4 is 5.73 Å². The molecule has 0 saturated carbocycles. The van der Waals surface area contributed by atoms with Crippen LogP contribution in [0.5, 0.6) is 0 Å². The number of hydrogen-bond acceptors (Lipinski definition) is 3. The number of nitrogens with one attached hydrogen (secondary N) is 1. The van der Waals surface area contributed by atoms with Gasteiger partial charge in [0.1, 0.15) is 10.9 Å². The maximum absolute atomic E-state index is 7.76. The van der Waals surface area contributed by atoms with Gasteiger partial charge in [0.15, 0.2) is 0 Å². The predicted molar refractivity (Wildman–Crippen MR) is 91.0 cm³/mol. The molecular formula is C16H12BrN3S. The number of halogens is 1. The third-order valence-corrected chi connectivity index (χ3v) is 4.47. The fourth-order valence-corrected chi connectivity index (χ4v) is 3.15. The van der Waals surface area contributed by atoms with Gasteiger partial charge in [-0.2, -0.15) is 0 Å². The molecule has 0 unspecified atom stereocenters. The Labute approximate surface area is 135 Å². The summed E-state index contributed by atoms with van der Waals surface area (Å²) in [6.45, 7) is 0. The van der Waals surface area contributed by atoms with Crippen molar-refractivity contribution >= 4 is 44.4 Å². The molecular weight excluding hydrogens is 346 g/mol. The number of nitrogens with zero attached hydrogens (tertiary/aromatic N) is 1. The van der Waals surface area contributed by atoms with E-state index in [1.165, 1.54) is 0 Å².